The van der Waals surface area contributed by atoms with Gasteiger partial charge in [-0.05, 0) is 24.6 Å². The van der Waals surface area contributed by atoms with Crippen molar-refractivity contribution in [1.29, 1.82) is 0 Å². The minimum absolute atomic E-state index is 0.219. The standard InChI is InChI=1S/C13H21NO3/c1-10(14-9-13(16-3)17-4)11-6-5-7-12(8-11)15-2/h5-8,10,13-14H,9H2,1-4H3/t10-/m1/s1. The summed E-state index contributed by atoms with van der Waals surface area (Å²) in [5.41, 5.74) is 1.18. The normalized spacial score (nSPS) is 12.8. The van der Waals surface area contributed by atoms with Crippen molar-refractivity contribution in [3.05, 3.63) is 29.8 Å². The lowest BCUT2D eigenvalue weighted by Gasteiger charge is -2.19. The molecule has 17 heavy (non-hydrogen) atoms. The maximum atomic E-state index is 5.20. The van der Waals surface area contributed by atoms with Gasteiger partial charge in [0.2, 0.25) is 0 Å². The number of benzene rings is 1. The van der Waals surface area contributed by atoms with Crippen molar-refractivity contribution >= 4 is 0 Å². The highest BCUT2D eigenvalue weighted by Crippen LogP contribution is 2.18. The van der Waals surface area contributed by atoms with E-state index in [2.05, 4.69) is 18.3 Å². The zero-order valence-electron chi connectivity index (χ0n) is 10.9. The minimum atomic E-state index is -0.219. The molecule has 0 heterocycles. The molecular weight excluding hydrogens is 218 g/mol. The van der Waals surface area contributed by atoms with Crippen molar-refractivity contribution in [3.8, 4) is 5.75 Å². The number of hydrogen-bond acceptors (Lipinski definition) is 4. The molecule has 1 rings (SSSR count). The van der Waals surface area contributed by atoms with Gasteiger partial charge in [0.15, 0.2) is 6.29 Å². The van der Waals surface area contributed by atoms with Crippen molar-refractivity contribution in [3.63, 3.8) is 0 Å². The van der Waals surface area contributed by atoms with E-state index in [0.717, 1.165) is 5.75 Å². The number of rotatable bonds is 7. The summed E-state index contributed by atoms with van der Waals surface area (Å²) in [6.45, 7) is 2.74. The van der Waals surface area contributed by atoms with E-state index in [1.165, 1.54) is 5.56 Å². The van der Waals surface area contributed by atoms with E-state index in [9.17, 15) is 0 Å². The van der Waals surface area contributed by atoms with Gasteiger partial charge in [0.05, 0.1) is 7.11 Å². The SMILES string of the molecule is COc1cccc([C@@H](C)NCC(OC)OC)c1. The van der Waals surface area contributed by atoms with Gasteiger partial charge in [0.25, 0.3) is 0 Å². The average Bonchev–Trinajstić information content (AvgIpc) is 2.39. The van der Waals surface area contributed by atoms with Gasteiger partial charge in [-0.2, -0.15) is 0 Å². The highest BCUT2D eigenvalue weighted by molar-refractivity contribution is 5.30. The Morgan fingerprint density at radius 1 is 1.18 bits per heavy atom. The predicted molar refractivity (Wildman–Crippen MR) is 67.2 cm³/mol. The summed E-state index contributed by atoms with van der Waals surface area (Å²) in [6, 6.07) is 8.22. The molecule has 0 aliphatic rings. The van der Waals surface area contributed by atoms with Crippen molar-refractivity contribution in [2.45, 2.75) is 19.3 Å². The van der Waals surface area contributed by atoms with Gasteiger partial charge in [-0.1, -0.05) is 12.1 Å². The van der Waals surface area contributed by atoms with Crippen LogP contribution in [0.25, 0.3) is 0 Å². The zero-order valence-corrected chi connectivity index (χ0v) is 10.9. The first-order valence-electron chi connectivity index (χ1n) is 5.64. The van der Waals surface area contributed by atoms with Gasteiger partial charge >= 0.3 is 0 Å². The molecule has 0 saturated carbocycles. The summed E-state index contributed by atoms with van der Waals surface area (Å²) >= 11 is 0. The van der Waals surface area contributed by atoms with Crippen LogP contribution in [0.5, 0.6) is 5.75 Å². The molecule has 1 aromatic rings. The Hall–Kier alpha value is -1.10. The Balaban J connectivity index is 2.53. The fourth-order valence-electron chi connectivity index (χ4n) is 1.56. The van der Waals surface area contributed by atoms with Gasteiger partial charge in [-0.3, -0.25) is 0 Å². The first kappa shape index (κ1) is 14.0. The Morgan fingerprint density at radius 3 is 2.47 bits per heavy atom. The molecule has 0 fully saturated rings. The van der Waals surface area contributed by atoms with Gasteiger partial charge in [0.1, 0.15) is 5.75 Å². The quantitative estimate of drug-likeness (QED) is 0.738. The zero-order chi connectivity index (χ0) is 12.7. The molecule has 0 bridgehead atoms. The maximum absolute atomic E-state index is 5.20. The van der Waals surface area contributed by atoms with E-state index in [4.69, 9.17) is 14.2 Å². The van der Waals surface area contributed by atoms with Crippen molar-refractivity contribution in [2.75, 3.05) is 27.9 Å². The third-order valence-corrected chi connectivity index (χ3v) is 2.71. The molecule has 0 unspecified atom stereocenters. The molecule has 96 valence electrons. The lowest BCUT2D eigenvalue weighted by molar-refractivity contribution is -0.0997. The van der Waals surface area contributed by atoms with E-state index in [-0.39, 0.29) is 12.3 Å². The van der Waals surface area contributed by atoms with Gasteiger partial charge in [0, 0.05) is 26.8 Å². The molecular formula is C13H21NO3. The molecule has 0 aromatic heterocycles. The van der Waals surface area contributed by atoms with Crippen molar-refractivity contribution in [2.24, 2.45) is 0 Å². The van der Waals surface area contributed by atoms with Crippen LogP contribution in [-0.4, -0.2) is 34.2 Å². The summed E-state index contributed by atoms with van der Waals surface area (Å²) in [6.07, 6.45) is -0.219. The number of nitrogens with one attached hydrogen (secondary N) is 1. The van der Waals surface area contributed by atoms with Crippen LogP contribution in [0.2, 0.25) is 0 Å². The van der Waals surface area contributed by atoms with E-state index >= 15 is 0 Å². The lowest BCUT2D eigenvalue weighted by Crippen LogP contribution is -2.31. The average molecular weight is 239 g/mol. The Labute approximate surface area is 103 Å². The van der Waals surface area contributed by atoms with Crippen molar-refractivity contribution in [1.82, 2.24) is 5.32 Å². The maximum Gasteiger partial charge on any atom is 0.169 e. The number of methoxy groups -OCH3 is 3. The molecule has 0 aliphatic heterocycles. The molecule has 0 spiro atoms. The largest absolute Gasteiger partial charge is 0.497 e. The second-order valence-corrected chi connectivity index (χ2v) is 3.81. The predicted octanol–water partition coefficient (Wildman–Crippen LogP) is 1.96. The minimum Gasteiger partial charge on any atom is -0.497 e. The Bertz CT molecular complexity index is 326. The summed E-state index contributed by atoms with van der Waals surface area (Å²) in [5.74, 6) is 0.867. The van der Waals surface area contributed by atoms with Crippen molar-refractivity contribution < 1.29 is 14.2 Å². The monoisotopic (exact) mass is 239 g/mol. The van der Waals surface area contributed by atoms with Gasteiger partial charge in [-0.25, -0.2) is 0 Å². The fourth-order valence-corrected chi connectivity index (χ4v) is 1.56. The number of ether oxygens (including phenoxy) is 3. The second kappa shape index (κ2) is 7.27. The molecule has 4 nitrogen and oxygen atoms in total. The van der Waals surface area contributed by atoms with Gasteiger partial charge in [-0.15, -0.1) is 0 Å². The molecule has 1 aromatic carbocycles. The lowest BCUT2D eigenvalue weighted by atomic mass is 10.1. The highest BCUT2D eigenvalue weighted by Gasteiger charge is 2.09. The smallest absolute Gasteiger partial charge is 0.169 e. The second-order valence-electron chi connectivity index (χ2n) is 3.81. The fraction of sp³-hybridized carbons (Fsp3) is 0.538. The molecule has 4 heteroatoms. The van der Waals surface area contributed by atoms with Crippen LogP contribution >= 0.6 is 0 Å². The summed E-state index contributed by atoms with van der Waals surface area (Å²) < 4.78 is 15.4. The molecule has 0 amide bonds. The third-order valence-electron chi connectivity index (χ3n) is 2.71. The van der Waals surface area contributed by atoms with E-state index in [1.54, 1.807) is 21.3 Å². The number of hydrogen-bond donors (Lipinski definition) is 1. The van der Waals surface area contributed by atoms with Crippen LogP contribution in [0, 0.1) is 0 Å². The van der Waals surface area contributed by atoms with Gasteiger partial charge < -0.3 is 19.5 Å². The summed E-state index contributed by atoms with van der Waals surface area (Å²) in [4.78, 5) is 0. The molecule has 0 aliphatic carbocycles. The Morgan fingerprint density at radius 2 is 1.88 bits per heavy atom. The van der Waals surface area contributed by atoms with Crippen LogP contribution in [0.1, 0.15) is 18.5 Å². The van der Waals surface area contributed by atoms with Crippen LogP contribution in [-0.2, 0) is 9.47 Å². The van der Waals surface area contributed by atoms with Crippen LogP contribution in [0.15, 0.2) is 24.3 Å². The highest BCUT2D eigenvalue weighted by atomic mass is 16.7. The molecule has 0 saturated heterocycles. The first-order chi connectivity index (χ1) is 8.21. The van der Waals surface area contributed by atoms with E-state index in [1.807, 2.05) is 18.2 Å². The van der Waals surface area contributed by atoms with Crippen LogP contribution in [0.4, 0.5) is 0 Å². The summed E-state index contributed by atoms with van der Waals surface area (Å²) in [5, 5.41) is 3.35. The van der Waals surface area contributed by atoms with Crippen LogP contribution in [0.3, 0.4) is 0 Å². The third kappa shape index (κ3) is 4.34. The Kier molecular flexibility index (Phi) is 5.97. The van der Waals surface area contributed by atoms with E-state index in [0.29, 0.717) is 6.54 Å². The molecule has 1 atom stereocenters. The van der Waals surface area contributed by atoms with Crippen LogP contribution < -0.4 is 10.1 Å². The molecule has 0 radical (unpaired) electrons. The topological polar surface area (TPSA) is 39.7 Å². The summed E-state index contributed by atoms with van der Waals surface area (Å²) in [7, 11) is 4.93. The first-order valence-corrected chi connectivity index (χ1v) is 5.64. The molecule has 1 N–H and O–H groups in total. The van der Waals surface area contributed by atoms with E-state index < -0.39 is 0 Å².